The van der Waals surface area contributed by atoms with Crippen molar-refractivity contribution in [2.24, 2.45) is 4.99 Å². The number of halogens is 1. The predicted octanol–water partition coefficient (Wildman–Crippen LogP) is 3.76. The Kier molecular flexibility index (Phi) is 8.95. The van der Waals surface area contributed by atoms with E-state index in [1.807, 2.05) is 26.4 Å². The summed E-state index contributed by atoms with van der Waals surface area (Å²) < 4.78 is 2.17. The molecule has 1 aromatic heterocycles. The summed E-state index contributed by atoms with van der Waals surface area (Å²) in [5.74, 6) is 3.24. The van der Waals surface area contributed by atoms with Crippen LogP contribution in [0.2, 0.25) is 0 Å². The van der Waals surface area contributed by atoms with Crippen LogP contribution in [0.15, 0.2) is 41.7 Å². The molecule has 7 heteroatoms. The number of thioether (sulfide) groups is 1. The van der Waals surface area contributed by atoms with Crippen LogP contribution in [0.1, 0.15) is 30.3 Å². The molecule has 1 aliphatic heterocycles. The summed E-state index contributed by atoms with van der Waals surface area (Å²) in [5.41, 5.74) is 2.57. The van der Waals surface area contributed by atoms with Crippen LogP contribution in [-0.4, -0.2) is 51.6 Å². The second-order valence-corrected chi connectivity index (χ2v) is 8.08. The zero-order chi connectivity index (χ0) is 18.4. The zero-order valence-electron chi connectivity index (χ0n) is 16.4. The second-order valence-electron chi connectivity index (χ2n) is 6.67. The first kappa shape index (κ1) is 22.1. The molecule has 1 saturated heterocycles. The van der Waals surface area contributed by atoms with E-state index in [0.29, 0.717) is 5.25 Å². The molecule has 0 spiro atoms. The number of nitrogens with zero attached hydrogens (tertiary/aromatic N) is 4. The second kappa shape index (κ2) is 10.9. The molecule has 1 aromatic carbocycles. The van der Waals surface area contributed by atoms with Gasteiger partial charge in [-0.15, -0.1) is 24.0 Å². The molecule has 0 bridgehead atoms. The molecule has 1 aliphatic rings. The van der Waals surface area contributed by atoms with E-state index in [0.717, 1.165) is 38.0 Å². The molecule has 0 saturated carbocycles. The molecular weight excluding hydrogens is 469 g/mol. The lowest BCUT2D eigenvalue weighted by atomic mass is 10.1. The first-order chi connectivity index (χ1) is 12.7. The lowest BCUT2D eigenvalue weighted by Gasteiger charge is -2.34. The molecule has 2 heterocycles. The minimum absolute atomic E-state index is 0. The third-order valence-corrected chi connectivity index (χ3v) is 6.20. The highest BCUT2D eigenvalue weighted by Crippen LogP contribution is 2.21. The van der Waals surface area contributed by atoms with Crippen LogP contribution in [-0.2, 0) is 13.1 Å². The number of aryl methyl sites for hydroxylation is 1. The fraction of sp³-hybridized carbons (Fsp3) is 0.500. The maximum absolute atomic E-state index is 4.50. The molecule has 148 valence electrons. The third-order valence-electron chi connectivity index (χ3n) is 4.82. The van der Waals surface area contributed by atoms with Crippen molar-refractivity contribution in [3.05, 3.63) is 53.6 Å². The van der Waals surface area contributed by atoms with E-state index < -0.39 is 0 Å². The van der Waals surface area contributed by atoms with Gasteiger partial charge in [-0.05, 0) is 24.5 Å². The van der Waals surface area contributed by atoms with E-state index in [4.69, 9.17) is 0 Å². The van der Waals surface area contributed by atoms with Gasteiger partial charge in [0.15, 0.2) is 5.96 Å². The SMILES string of the molecule is CCC1CN(C(=NC)NCc2cccc(Cn3ccnc3C)c2)CCS1.I. The molecule has 0 amide bonds. The Hall–Kier alpha value is -1.22. The standard InChI is InChI=1S/C20H29N5S.HI/c1-4-19-15-25(10-11-26-19)20(21-3)23-13-17-6-5-7-18(12-17)14-24-9-8-22-16(24)2;/h5-9,12,19H,4,10-11,13-15H2,1-3H3,(H,21,23);1H. The summed E-state index contributed by atoms with van der Waals surface area (Å²) in [6, 6.07) is 8.74. The molecule has 1 fully saturated rings. The smallest absolute Gasteiger partial charge is 0.193 e. The number of hydrogen-bond donors (Lipinski definition) is 1. The Labute approximate surface area is 184 Å². The summed E-state index contributed by atoms with van der Waals surface area (Å²) in [7, 11) is 1.88. The van der Waals surface area contributed by atoms with E-state index in [-0.39, 0.29) is 24.0 Å². The number of benzene rings is 1. The fourth-order valence-corrected chi connectivity index (χ4v) is 4.46. The molecule has 2 aromatic rings. The van der Waals surface area contributed by atoms with Crippen molar-refractivity contribution in [1.29, 1.82) is 0 Å². The lowest BCUT2D eigenvalue weighted by Crippen LogP contribution is -2.47. The lowest BCUT2D eigenvalue weighted by molar-refractivity contribution is 0.408. The zero-order valence-corrected chi connectivity index (χ0v) is 19.5. The van der Waals surface area contributed by atoms with Gasteiger partial charge in [-0.1, -0.05) is 31.2 Å². The van der Waals surface area contributed by atoms with E-state index in [1.54, 1.807) is 0 Å². The Morgan fingerprint density at radius 1 is 1.37 bits per heavy atom. The van der Waals surface area contributed by atoms with Gasteiger partial charge in [-0.2, -0.15) is 11.8 Å². The Morgan fingerprint density at radius 2 is 2.19 bits per heavy atom. The molecule has 0 radical (unpaired) electrons. The first-order valence-electron chi connectivity index (χ1n) is 9.32. The molecule has 1 atom stereocenters. The number of nitrogens with one attached hydrogen (secondary N) is 1. The van der Waals surface area contributed by atoms with Gasteiger partial charge in [0.2, 0.25) is 0 Å². The maximum Gasteiger partial charge on any atom is 0.193 e. The van der Waals surface area contributed by atoms with Crippen molar-refractivity contribution < 1.29 is 0 Å². The number of guanidine groups is 1. The minimum atomic E-state index is 0. The summed E-state index contributed by atoms with van der Waals surface area (Å²) in [5, 5.41) is 4.26. The van der Waals surface area contributed by atoms with Crippen molar-refractivity contribution in [2.75, 3.05) is 25.9 Å². The molecule has 27 heavy (non-hydrogen) atoms. The number of aromatic nitrogens is 2. The molecule has 5 nitrogen and oxygen atoms in total. The molecular formula is C20H30IN5S. The summed E-state index contributed by atoms with van der Waals surface area (Å²) >= 11 is 2.08. The summed E-state index contributed by atoms with van der Waals surface area (Å²) in [6.45, 7) is 8.11. The van der Waals surface area contributed by atoms with Gasteiger partial charge in [0.05, 0.1) is 0 Å². The van der Waals surface area contributed by atoms with Gasteiger partial charge in [-0.3, -0.25) is 4.99 Å². The van der Waals surface area contributed by atoms with E-state index >= 15 is 0 Å². The number of aliphatic imine (C=N–C) groups is 1. The number of hydrogen-bond acceptors (Lipinski definition) is 3. The largest absolute Gasteiger partial charge is 0.352 e. The van der Waals surface area contributed by atoms with Gasteiger partial charge >= 0.3 is 0 Å². The van der Waals surface area contributed by atoms with Crippen LogP contribution in [0, 0.1) is 6.92 Å². The van der Waals surface area contributed by atoms with Crippen molar-refractivity contribution in [3.8, 4) is 0 Å². The normalized spacial score (nSPS) is 17.5. The molecule has 1 unspecified atom stereocenters. The average Bonchev–Trinajstić information content (AvgIpc) is 3.07. The average molecular weight is 499 g/mol. The van der Waals surface area contributed by atoms with Crippen LogP contribution in [0.3, 0.4) is 0 Å². The van der Waals surface area contributed by atoms with Crippen molar-refractivity contribution in [2.45, 2.75) is 38.6 Å². The monoisotopic (exact) mass is 499 g/mol. The maximum atomic E-state index is 4.50. The van der Waals surface area contributed by atoms with Crippen LogP contribution >= 0.6 is 35.7 Å². The topological polar surface area (TPSA) is 45.5 Å². The van der Waals surface area contributed by atoms with Gasteiger partial charge in [0.1, 0.15) is 5.82 Å². The predicted molar refractivity (Wildman–Crippen MR) is 126 cm³/mol. The van der Waals surface area contributed by atoms with Gasteiger partial charge in [0, 0.05) is 56.6 Å². The van der Waals surface area contributed by atoms with Crippen LogP contribution in [0.25, 0.3) is 0 Å². The molecule has 3 rings (SSSR count). The van der Waals surface area contributed by atoms with Crippen LogP contribution < -0.4 is 5.32 Å². The molecule has 0 aliphatic carbocycles. The van der Waals surface area contributed by atoms with Gasteiger partial charge in [0.25, 0.3) is 0 Å². The molecule has 1 N–H and O–H groups in total. The third kappa shape index (κ3) is 6.14. The minimum Gasteiger partial charge on any atom is -0.352 e. The number of imidazole rings is 1. The number of rotatable bonds is 5. The van der Waals surface area contributed by atoms with Crippen molar-refractivity contribution in [1.82, 2.24) is 19.8 Å². The Morgan fingerprint density at radius 3 is 2.89 bits per heavy atom. The fourth-order valence-electron chi connectivity index (χ4n) is 3.28. The van der Waals surface area contributed by atoms with E-state index in [9.17, 15) is 0 Å². The van der Waals surface area contributed by atoms with Crippen molar-refractivity contribution in [3.63, 3.8) is 0 Å². The van der Waals surface area contributed by atoms with Gasteiger partial charge in [-0.25, -0.2) is 4.98 Å². The first-order valence-corrected chi connectivity index (χ1v) is 10.4. The summed E-state index contributed by atoms with van der Waals surface area (Å²) in [4.78, 5) is 11.2. The highest BCUT2D eigenvalue weighted by atomic mass is 127. The van der Waals surface area contributed by atoms with Gasteiger partial charge < -0.3 is 14.8 Å². The van der Waals surface area contributed by atoms with E-state index in [1.165, 1.54) is 23.3 Å². The highest BCUT2D eigenvalue weighted by molar-refractivity contribution is 14.0. The highest BCUT2D eigenvalue weighted by Gasteiger charge is 2.21. The summed E-state index contributed by atoms with van der Waals surface area (Å²) in [6.07, 6.45) is 5.10. The van der Waals surface area contributed by atoms with Crippen LogP contribution in [0.5, 0.6) is 0 Å². The Balaban J connectivity index is 0.00000261. The quantitative estimate of drug-likeness (QED) is 0.387. The van der Waals surface area contributed by atoms with Crippen LogP contribution in [0.4, 0.5) is 0 Å². The van der Waals surface area contributed by atoms with Crippen molar-refractivity contribution >= 4 is 41.7 Å². The van der Waals surface area contributed by atoms with E-state index in [2.05, 4.69) is 67.7 Å². The Bertz CT molecular complexity index is 745.